The molecular formula is C15H21NO3S. The average molecular weight is 295 g/mol. The minimum Gasteiger partial charge on any atom is -0.394 e. The van der Waals surface area contributed by atoms with Gasteiger partial charge in [0.1, 0.15) is 0 Å². The normalized spacial score (nSPS) is 23.8. The molecule has 1 aromatic carbocycles. The van der Waals surface area contributed by atoms with Crippen LogP contribution in [-0.2, 0) is 4.74 Å². The Labute approximate surface area is 124 Å². The molecule has 2 unspecified atom stereocenters. The second kappa shape index (κ2) is 7.22. The molecule has 0 radical (unpaired) electrons. The van der Waals surface area contributed by atoms with Crippen molar-refractivity contribution in [2.75, 3.05) is 32.6 Å². The van der Waals surface area contributed by atoms with Crippen molar-refractivity contribution in [3.63, 3.8) is 0 Å². The highest BCUT2D eigenvalue weighted by atomic mass is 32.2. The molecular weight excluding hydrogens is 274 g/mol. The fourth-order valence-corrected chi connectivity index (χ4v) is 2.67. The second-order valence-corrected chi connectivity index (χ2v) is 5.95. The highest BCUT2D eigenvalue weighted by Gasteiger charge is 2.27. The standard InChI is InChI=1S/C15H21NO3S/c1-11-10-19-13(9-17)7-16(11)8-15(18)12-3-5-14(20-2)6-4-12/h3-6,11,13,17H,7-10H2,1-2H3. The lowest BCUT2D eigenvalue weighted by molar-refractivity contribution is -0.0747. The van der Waals surface area contributed by atoms with Crippen LogP contribution >= 0.6 is 11.8 Å². The highest BCUT2D eigenvalue weighted by Crippen LogP contribution is 2.17. The number of hydrogen-bond donors (Lipinski definition) is 1. The van der Waals surface area contributed by atoms with E-state index in [1.807, 2.05) is 37.4 Å². The van der Waals surface area contributed by atoms with E-state index in [0.717, 1.165) is 10.5 Å². The van der Waals surface area contributed by atoms with Gasteiger partial charge in [0, 0.05) is 23.0 Å². The topological polar surface area (TPSA) is 49.8 Å². The SMILES string of the molecule is CSc1ccc(C(=O)CN2CC(CO)OCC2C)cc1. The van der Waals surface area contributed by atoms with Crippen LogP contribution in [0.25, 0.3) is 0 Å². The van der Waals surface area contributed by atoms with Crippen molar-refractivity contribution in [3.05, 3.63) is 29.8 Å². The van der Waals surface area contributed by atoms with E-state index in [1.165, 1.54) is 0 Å². The van der Waals surface area contributed by atoms with Crippen LogP contribution in [0, 0.1) is 0 Å². The summed E-state index contributed by atoms with van der Waals surface area (Å²) in [5.74, 6) is 0.114. The maximum absolute atomic E-state index is 12.3. The van der Waals surface area contributed by atoms with Crippen molar-refractivity contribution in [3.8, 4) is 0 Å². The Hall–Kier alpha value is -0.880. The molecule has 2 rings (SSSR count). The fourth-order valence-electron chi connectivity index (χ4n) is 2.26. The summed E-state index contributed by atoms with van der Waals surface area (Å²) in [6, 6.07) is 7.90. The molecule has 0 amide bonds. The molecule has 0 spiro atoms. The van der Waals surface area contributed by atoms with Gasteiger partial charge in [0.25, 0.3) is 0 Å². The van der Waals surface area contributed by atoms with Gasteiger partial charge in [0.15, 0.2) is 5.78 Å². The number of ether oxygens (including phenoxy) is 1. The van der Waals surface area contributed by atoms with Crippen LogP contribution in [0.5, 0.6) is 0 Å². The van der Waals surface area contributed by atoms with Gasteiger partial charge < -0.3 is 9.84 Å². The zero-order valence-corrected chi connectivity index (χ0v) is 12.7. The van der Waals surface area contributed by atoms with Gasteiger partial charge in [-0.3, -0.25) is 9.69 Å². The van der Waals surface area contributed by atoms with Crippen LogP contribution in [0.1, 0.15) is 17.3 Å². The lowest BCUT2D eigenvalue weighted by atomic mass is 10.1. The summed E-state index contributed by atoms with van der Waals surface area (Å²) < 4.78 is 5.48. The molecule has 1 aromatic rings. The van der Waals surface area contributed by atoms with Gasteiger partial charge in [-0.05, 0) is 25.3 Å². The number of rotatable bonds is 5. The minimum absolute atomic E-state index is 0.000168. The molecule has 5 heteroatoms. The molecule has 4 nitrogen and oxygen atoms in total. The molecule has 0 saturated carbocycles. The van der Waals surface area contributed by atoms with Gasteiger partial charge in [-0.25, -0.2) is 0 Å². The Balaban J connectivity index is 1.98. The highest BCUT2D eigenvalue weighted by molar-refractivity contribution is 7.98. The number of carbonyl (C=O) groups excluding carboxylic acids is 1. The summed E-state index contributed by atoms with van der Waals surface area (Å²) in [7, 11) is 0. The molecule has 1 fully saturated rings. The Bertz CT molecular complexity index is 449. The zero-order valence-electron chi connectivity index (χ0n) is 11.9. The molecule has 2 atom stereocenters. The van der Waals surface area contributed by atoms with E-state index in [9.17, 15) is 4.79 Å². The van der Waals surface area contributed by atoms with Gasteiger partial charge in [-0.15, -0.1) is 11.8 Å². The first-order valence-electron chi connectivity index (χ1n) is 6.77. The Morgan fingerprint density at radius 3 is 2.75 bits per heavy atom. The van der Waals surface area contributed by atoms with Crippen LogP contribution in [-0.4, -0.2) is 60.5 Å². The number of nitrogens with zero attached hydrogens (tertiary/aromatic N) is 1. The number of hydrogen-bond acceptors (Lipinski definition) is 5. The van der Waals surface area contributed by atoms with E-state index in [0.29, 0.717) is 19.7 Å². The van der Waals surface area contributed by atoms with Gasteiger partial charge in [-0.1, -0.05) is 12.1 Å². The summed E-state index contributed by atoms with van der Waals surface area (Å²) in [5.41, 5.74) is 0.738. The number of ketones is 1. The summed E-state index contributed by atoms with van der Waals surface area (Å²) >= 11 is 1.66. The Morgan fingerprint density at radius 1 is 1.45 bits per heavy atom. The lowest BCUT2D eigenvalue weighted by Crippen LogP contribution is -2.51. The number of aliphatic hydroxyl groups excluding tert-OH is 1. The monoisotopic (exact) mass is 295 g/mol. The van der Waals surface area contributed by atoms with Crippen LogP contribution in [0.15, 0.2) is 29.2 Å². The number of Topliss-reactive ketones (excluding diaryl/α,β-unsaturated/α-hetero) is 1. The van der Waals surface area contributed by atoms with Gasteiger partial charge in [0.2, 0.25) is 0 Å². The summed E-state index contributed by atoms with van der Waals surface area (Å²) in [5, 5.41) is 9.16. The van der Waals surface area contributed by atoms with E-state index in [-0.39, 0.29) is 24.5 Å². The predicted molar refractivity (Wildman–Crippen MR) is 80.4 cm³/mol. The van der Waals surface area contributed by atoms with Crippen LogP contribution in [0.2, 0.25) is 0 Å². The first-order valence-corrected chi connectivity index (χ1v) is 8.00. The third kappa shape index (κ3) is 3.82. The molecule has 0 aromatic heterocycles. The Kier molecular flexibility index (Phi) is 5.60. The maximum atomic E-state index is 12.3. The molecule has 20 heavy (non-hydrogen) atoms. The number of aliphatic hydroxyl groups is 1. The van der Waals surface area contributed by atoms with Crippen molar-refractivity contribution in [1.29, 1.82) is 0 Å². The molecule has 1 N–H and O–H groups in total. The van der Waals surface area contributed by atoms with Crippen LogP contribution in [0.4, 0.5) is 0 Å². The first kappa shape index (κ1) is 15.5. The summed E-state index contributed by atoms with van der Waals surface area (Å²) in [6.45, 7) is 3.58. The minimum atomic E-state index is -0.183. The van der Waals surface area contributed by atoms with E-state index in [2.05, 4.69) is 4.90 Å². The van der Waals surface area contributed by atoms with E-state index < -0.39 is 0 Å². The Morgan fingerprint density at radius 2 is 2.15 bits per heavy atom. The van der Waals surface area contributed by atoms with E-state index in [4.69, 9.17) is 9.84 Å². The van der Waals surface area contributed by atoms with Gasteiger partial charge >= 0.3 is 0 Å². The molecule has 1 aliphatic rings. The third-order valence-electron chi connectivity index (χ3n) is 3.60. The molecule has 1 heterocycles. The maximum Gasteiger partial charge on any atom is 0.176 e. The fraction of sp³-hybridized carbons (Fsp3) is 0.533. The van der Waals surface area contributed by atoms with Gasteiger partial charge in [0.05, 0.1) is 25.9 Å². The van der Waals surface area contributed by atoms with Crippen molar-refractivity contribution in [2.45, 2.75) is 24.0 Å². The second-order valence-electron chi connectivity index (χ2n) is 5.07. The lowest BCUT2D eigenvalue weighted by Gasteiger charge is -2.36. The van der Waals surface area contributed by atoms with E-state index >= 15 is 0 Å². The largest absolute Gasteiger partial charge is 0.394 e. The number of thioether (sulfide) groups is 1. The van der Waals surface area contributed by atoms with Crippen molar-refractivity contribution < 1.29 is 14.6 Å². The predicted octanol–water partition coefficient (Wildman–Crippen LogP) is 1.67. The number of carbonyl (C=O) groups is 1. The van der Waals surface area contributed by atoms with Gasteiger partial charge in [-0.2, -0.15) is 0 Å². The smallest absolute Gasteiger partial charge is 0.176 e. The molecule has 1 aliphatic heterocycles. The first-order chi connectivity index (χ1) is 9.63. The van der Waals surface area contributed by atoms with Crippen molar-refractivity contribution >= 4 is 17.5 Å². The van der Waals surface area contributed by atoms with E-state index in [1.54, 1.807) is 11.8 Å². The molecule has 1 saturated heterocycles. The molecule has 0 aliphatic carbocycles. The number of morpholine rings is 1. The van der Waals surface area contributed by atoms with Crippen LogP contribution < -0.4 is 0 Å². The quantitative estimate of drug-likeness (QED) is 0.661. The number of benzene rings is 1. The van der Waals surface area contributed by atoms with Crippen molar-refractivity contribution in [2.24, 2.45) is 0 Å². The van der Waals surface area contributed by atoms with Crippen LogP contribution in [0.3, 0.4) is 0 Å². The molecule has 110 valence electrons. The zero-order chi connectivity index (χ0) is 14.5. The molecule has 0 bridgehead atoms. The average Bonchev–Trinajstić information content (AvgIpc) is 2.49. The third-order valence-corrected chi connectivity index (χ3v) is 4.34. The summed E-state index contributed by atoms with van der Waals surface area (Å²) in [4.78, 5) is 15.5. The van der Waals surface area contributed by atoms with Crippen molar-refractivity contribution in [1.82, 2.24) is 4.90 Å². The summed E-state index contributed by atoms with van der Waals surface area (Å²) in [6.07, 6.45) is 1.83.